The average molecular weight is 286 g/mol. The number of ether oxygens (including phenoxy) is 2. The van der Waals surface area contributed by atoms with E-state index in [0.29, 0.717) is 12.8 Å². The third kappa shape index (κ3) is 5.14. The highest BCUT2D eigenvalue weighted by molar-refractivity contribution is 5.76. The topological polar surface area (TPSA) is 52.6 Å². The van der Waals surface area contributed by atoms with Crippen LogP contribution in [0.15, 0.2) is 0 Å². The molecule has 0 bridgehead atoms. The van der Waals surface area contributed by atoms with Gasteiger partial charge >= 0.3 is 11.9 Å². The van der Waals surface area contributed by atoms with Gasteiger partial charge in [-0.15, -0.1) is 0 Å². The van der Waals surface area contributed by atoms with Crippen LogP contribution in [0.2, 0.25) is 0 Å². The van der Waals surface area contributed by atoms with Crippen molar-refractivity contribution in [3.63, 3.8) is 0 Å². The zero-order valence-electron chi connectivity index (χ0n) is 14.2. The smallest absolute Gasteiger partial charge is 0.311 e. The van der Waals surface area contributed by atoms with Crippen LogP contribution in [0.3, 0.4) is 0 Å². The van der Waals surface area contributed by atoms with Crippen molar-refractivity contribution >= 4 is 11.9 Å². The maximum Gasteiger partial charge on any atom is 0.311 e. The predicted octanol–water partition coefficient (Wildman–Crippen LogP) is 3.72. The molecule has 0 N–H and O–H groups in total. The van der Waals surface area contributed by atoms with Crippen LogP contribution in [-0.4, -0.2) is 23.6 Å². The lowest BCUT2D eigenvalue weighted by Crippen LogP contribution is -2.45. The molecule has 20 heavy (non-hydrogen) atoms. The van der Waals surface area contributed by atoms with E-state index in [1.165, 1.54) is 0 Å². The van der Waals surface area contributed by atoms with E-state index >= 15 is 0 Å². The molecule has 0 aliphatic rings. The third-order valence-electron chi connectivity index (χ3n) is 3.67. The molecule has 0 aromatic rings. The molecule has 1 atom stereocenters. The molecular weight excluding hydrogens is 256 g/mol. The van der Waals surface area contributed by atoms with Gasteiger partial charge < -0.3 is 9.47 Å². The van der Waals surface area contributed by atoms with E-state index in [4.69, 9.17) is 9.47 Å². The van der Waals surface area contributed by atoms with Gasteiger partial charge in [-0.05, 0) is 40.5 Å². The maximum absolute atomic E-state index is 12.2. The van der Waals surface area contributed by atoms with E-state index in [1.54, 1.807) is 27.7 Å². The van der Waals surface area contributed by atoms with Crippen LogP contribution in [0.4, 0.5) is 0 Å². The van der Waals surface area contributed by atoms with E-state index in [-0.39, 0.29) is 17.9 Å². The first-order valence-corrected chi connectivity index (χ1v) is 7.41. The Labute approximate surface area is 123 Å². The van der Waals surface area contributed by atoms with E-state index in [9.17, 15) is 9.59 Å². The number of carbonyl (C=O) groups is 2. The van der Waals surface area contributed by atoms with Crippen molar-refractivity contribution in [2.75, 3.05) is 0 Å². The molecule has 0 amide bonds. The lowest BCUT2D eigenvalue weighted by molar-refractivity contribution is -0.188. The second-order valence-electron chi connectivity index (χ2n) is 6.72. The zero-order chi connectivity index (χ0) is 16.1. The quantitative estimate of drug-likeness (QED) is 0.669. The molecule has 0 radical (unpaired) electrons. The van der Waals surface area contributed by atoms with Crippen LogP contribution in [0.25, 0.3) is 0 Å². The lowest BCUT2D eigenvalue weighted by Gasteiger charge is -2.35. The van der Waals surface area contributed by atoms with Crippen molar-refractivity contribution in [2.45, 2.75) is 79.9 Å². The molecule has 4 heteroatoms. The summed E-state index contributed by atoms with van der Waals surface area (Å²) in [5.41, 5.74) is -1.35. The van der Waals surface area contributed by atoms with Gasteiger partial charge in [0.25, 0.3) is 0 Å². The van der Waals surface area contributed by atoms with Gasteiger partial charge in [0.15, 0.2) is 0 Å². The fourth-order valence-corrected chi connectivity index (χ4v) is 1.59. The van der Waals surface area contributed by atoms with Gasteiger partial charge in [-0.3, -0.25) is 9.59 Å². The Hall–Kier alpha value is -1.06. The normalized spacial score (nSPS) is 14.1. The van der Waals surface area contributed by atoms with Gasteiger partial charge in [-0.1, -0.05) is 27.7 Å². The van der Waals surface area contributed by atoms with Crippen molar-refractivity contribution in [1.82, 2.24) is 0 Å². The lowest BCUT2D eigenvalue weighted by atomic mass is 9.90. The largest absolute Gasteiger partial charge is 0.458 e. The molecule has 118 valence electrons. The molecule has 0 saturated carbocycles. The van der Waals surface area contributed by atoms with Crippen molar-refractivity contribution in [1.29, 1.82) is 0 Å². The fraction of sp³-hybridized carbons (Fsp3) is 0.875. The van der Waals surface area contributed by atoms with E-state index in [2.05, 4.69) is 0 Å². The van der Waals surface area contributed by atoms with Gasteiger partial charge in [0.2, 0.25) is 0 Å². The van der Waals surface area contributed by atoms with Crippen molar-refractivity contribution in [2.24, 2.45) is 11.3 Å². The van der Waals surface area contributed by atoms with Crippen molar-refractivity contribution < 1.29 is 19.1 Å². The minimum Gasteiger partial charge on any atom is -0.458 e. The first-order valence-electron chi connectivity index (χ1n) is 7.41. The summed E-state index contributed by atoms with van der Waals surface area (Å²) in [5, 5.41) is 0. The molecule has 0 spiro atoms. The highest BCUT2D eigenvalue weighted by Gasteiger charge is 2.38. The molecule has 0 fully saturated rings. The number of hydrogen-bond acceptors (Lipinski definition) is 4. The Morgan fingerprint density at radius 3 is 1.90 bits per heavy atom. The second kappa shape index (κ2) is 7.09. The van der Waals surface area contributed by atoms with Crippen LogP contribution in [0.1, 0.15) is 68.2 Å². The fourth-order valence-electron chi connectivity index (χ4n) is 1.59. The molecule has 0 aromatic carbocycles. The molecule has 0 aliphatic heterocycles. The first-order chi connectivity index (χ1) is 8.97. The minimum atomic E-state index is -0.824. The average Bonchev–Trinajstić information content (AvgIpc) is 2.34. The van der Waals surface area contributed by atoms with Gasteiger partial charge in [0, 0.05) is 0 Å². The van der Waals surface area contributed by atoms with Crippen LogP contribution in [-0.2, 0) is 19.1 Å². The van der Waals surface area contributed by atoms with Gasteiger partial charge in [0.05, 0.1) is 11.3 Å². The Morgan fingerprint density at radius 1 is 1.05 bits per heavy atom. The zero-order valence-corrected chi connectivity index (χ0v) is 14.2. The summed E-state index contributed by atoms with van der Waals surface area (Å²) in [6, 6.07) is 0. The number of hydrogen-bond donors (Lipinski definition) is 0. The summed E-state index contributed by atoms with van der Waals surface area (Å²) in [7, 11) is 0. The predicted molar refractivity (Wildman–Crippen MR) is 79.3 cm³/mol. The Morgan fingerprint density at radius 2 is 1.55 bits per heavy atom. The van der Waals surface area contributed by atoms with Crippen LogP contribution in [0.5, 0.6) is 0 Å². The minimum absolute atomic E-state index is 0.199. The summed E-state index contributed by atoms with van der Waals surface area (Å²) in [4.78, 5) is 23.9. The van der Waals surface area contributed by atoms with E-state index in [0.717, 1.165) is 0 Å². The Kier molecular flexibility index (Phi) is 6.72. The van der Waals surface area contributed by atoms with Crippen LogP contribution in [0, 0.1) is 11.3 Å². The molecular formula is C16H30O4. The highest BCUT2D eigenvalue weighted by Crippen LogP contribution is 2.28. The SMILES string of the molecule is CCC(OC(=O)C(C)(C)CC)C(C)(C)OC(=O)C(C)C. The second-order valence-corrected chi connectivity index (χ2v) is 6.72. The third-order valence-corrected chi connectivity index (χ3v) is 3.67. The Balaban J connectivity index is 4.90. The van der Waals surface area contributed by atoms with Gasteiger partial charge in [-0.25, -0.2) is 0 Å². The molecule has 4 nitrogen and oxygen atoms in total. The van der Waals surface area contributed by atoms with E-state index in [1.807, 2.05) is 27.7 Å². The van der Waals surface area contributed by atoms with Crippen LogP contribution >= 0.6 is 0 Å². The summed E-state index contributed by atoms with van der Waals surface area (Å²) in [6.07, 6.45) is 0.863. The molecule has 0 aliphatic carbocycles. The number of carbonyl (C=O) groups excluding carboxylic acids is 2. The van der Waals surface area contributed by atoms with Gasteiger partial charge in [0.1, 0.15) is 11.7 Å². The Bertz CT molecular complexity index is 342. The van der Waals surface area contributed by atoms with E-state index < -0.39 is 17.1 Å². The molecule has 0 heterocycles. The monoisotopic (exact) mass is 286 g/mol. The summed E-state index contributed by atoms with van der Waals surface area (Å²) in [5.74, 6) is -0.727. The summed E-state index contributed by atoms with van der Waals surface area (Å²) in [6.45, 7) is 14.7. The maximum atomic E-state index is 12.2. The highest BCUT2D eigenvalue weighted by atomic mass is 16.6. The number of rotatable bonds is 7. The van der Waals surface area contributed by atoms with Crippen molar-refractivity contribution in [3.05, 3.63) is 0 Å². The molecule has 1 unspecified atom stereocenters. The number of esters is 2. The standard InChI is InChI=1S/C16H30O4/c1-9-12(19-14(18)15(5,6)10-2)16(7,8)20-13(17)11(3)4/h11-12H,9-10H2,1-8H3. The molecule has 0 rings (SSSR count). The molecule has 0 aromatic heterocycles. The summed E-state index contributed by atoms with van der Waals surface area (Å²) < 4.78 is 11.1. The van der Waals surface area contributed by atoms with Gasteiger partial charge in [-0.2, -0.15) is 0 Å². The summed E-state index contributed by atoms with van der Waals surface area (Å²) >= 11 is 0. The van der Waals surface area contributed by atoms with Crippen LogP contribution < -0.4 is 0 Å². The van der Waals surface area contributed by atoms with Crippen molar-refractivity contribution in [3.8, 4) is 0 Å². The molecule has 0 saturated heterocycles. The first kappa shape index (κ1) is 18.9.